The lowest BCUT2D eigenvalue weighted by molar-refractivity contribution is 0.0696. The lowest BCUT2D eigenvalue weighted by Gasteiger charge is -2.08. The first-order valence-electron chi connectivity index (χ1n) is 6.26. The van der Waals surface area contributed by atoms with E-state index in [0.29, 0.717) is 12.4 Å². The number of ether oxygens (including phenoxy) is 1. The average molecular weight is 410 g/mol. The topological polar surface area (TPSA) is 46.5 Å². The number of aromatic carboxylic acids is 1. The van der Waals surface area contributed by atoms with Crippen molar-refractivity contribution in [1.29, 1.82) is 0 Å². The van der Waals surface area contributed by atoms with Crippen LogP contribution in [0, 0.1) is 3.57 Å². The molecular weight excluding hydrogens is 399 g/mol. The zero-order chi connectivity index (χ0) is 14.8. The van der Waals surface area contributed by atoms with Gasteiger partial charge in [0.15, 0.2) is 0 Å². The van der Waals surface area contributed by atoms with Crippen LogP contribution in [-0.2, 0) is 6.61 Å². The first-order chi connectivity index (χ1) is 10.1. The molecule has 0 radical (unpaired) electrons. The number of fused-ring (bicyclic) bond motifs is 1. The van der Waals surface area contributed by atoms with E-state index in [1.54, 1.807) is 29.5 Å². The van der Waals surface area contributed by atoms with Crippen LogP contribution in [0.5, 0.6) is 5.75 Å². The average Bonchev–Trinajstić information content (AvgIpc) is 2.89. The van der Waals surface area contributed by atoms with Gasteiger partial charge in [0.1, 0.15) is 12.4 Å². The van der Waals surface area contributed by atoms with Gasteiger partial charge in [-0.2, -0.15) is 0 Å². The van der Waals surface area contributed by atoms with Crippen LogP contribution in [0.2, 0.25) is 0 Å². The summed E-state index contributed by atoms with van der Waals surface area (Å²) in [5, 5.41) is 12.3. The molecule has 3 aromatic rings. The van der Waals surface area contributed by atoms with Gasteiger partial charge in [0, 0.05) is 10.3 Å². The van der Waals surface area contributed by atoms with Gasteiger partial charge >= 0.3 is 5.97 Å². The second-order valence-electron chi connectivity index (χ2n) is 4.50. The highest BCUT2D eigenvalue weighted by atomic mass is 127. The largest absolute Gasteiger partial charge is 0.488 e. The fraction of sp³-hybridized carbons (Fsp3) is 0.0625. The summed E-state index contributed by atoms with van der Waals surface area (Å²) in [6.07, 6.45) is 0. The van der Waals surface area contributed by atoms with Crippen molar-refractivity contribution in [2.24, 2.45) is 0 Å². The zero-order valence-electron chi connectivity index (χ0n) is 10.9. The van der Waals surface area contributed by atoms with Crippen LogP contribution in [0.15, 0.2) is 47.8 Å². The van der Waals surface area contributed by atoms with Crippen molar-refractivity contribution in [2.45, 2.75) is 6.61 Å². The number of carboxylic acids is 1. The summed E-state index contributed by atoms with van der Waals surface area (Å²) in [7, 11) is 0. The van der Waals surface area contributed by atoms with Crippen molar-refractivity contribution in [3.05, 3.63) is 62.5 Å². The van der Waals surface area contributed by atoms with Gasteiger partial charge in [-0.25, -0.2) is 4.79 Å². The molecule has 0 saturated carbocycles. The van der Waals surface area contributed by atoms with E-state index in [9.17, 15) is 4.79 Å². The molecule has 0 saturated heterocycles. The molecular formula is C16H11IO3S. The molecule has 0 amide bonds. The highest BCUT2D eigenvalue weighted by Crippen LogP contribution is 2.28. The van der Waals surface area contributed by atoms with Crippen LogP contribution >= 0.6 is 33.9 Å². The molecule has 0 aliphatic heterocycles. The van der Waals surface area contributed by atoms with Gasteiger partial charge in [0.2, 0.25) is 0 Å². The summed E-state index contributed by atoms with van der Waals surface area (Å²) in [6.45, 7) is 0.434. The third kappa shape index (κ3) is 3.03. The van der Waals surface area contributed by atoms with E-state index >= 15 is 0 Å². The lowest BCUT2D eigenvalue weighted by atomic mass is 10.2. The number of rotatable bonds is 4. The van der Waals surface area contributed by atoms with Gasteiger partial charge in [-0.05, 0) is 57.6 Å². The van der Waals surface area contributed by atoms with Crippen LogP contribution < -0.4 is 4.74 Å². The predicted molar refractivity (Wildman–Crippen MR) is 92.3 cm³/mol. The molecule has 0 aliphatic rings. The molecule has 2 aromatic carbocycles. The number of carbonyl (C=O) groups is 1. The number of benzene rings is 2. The molecule has 106 valence electrons. The Bertz CT molecular complexity index is 810. The minimum atomic E-state index is -0.947. The number of halogens is 1. The van der Waals surface area contributed by atoms with E-state index in [0.717, 1.165) is 9.13 Å². The second-order valence-corrected chi connectivity index (χ2v) is 6.57. The van der Waals surface area contributed by atoms with Gasteiger partial charge in [-0.1, -0.05) is 18.2 Å². The Kier molecular flexibility index (Phi) is 4.12. The van der Waals surface area contributed by atoms with E-state index in [1.807, 2.05) is 12.1 Å². The minimum absolute atomic E-state index is 0.237. The quantitative estimate of drug-likeness (QED) is 0.630. The monoisotopic (exact) mass is 410 g/mol. The molecule has 0 spiro atoms. The van der Waals surface area contributed by atoms with Crippen molar-refractivity contribution in [3.63, 3.8) is 0 Å². The molecule has 21 heavy (non-hydrogen) atoms. The predicted octanol–water partition coefficient (Wildman–Crippen LogP) is 4.78. The molecule has 5 heteroatoms. The van der Waals surface area contributed by atoms with Crippen molar-refractivity contribution in [2.75, 3.05) is 0 Å². The maximum Gasteiger partial charge on any atom is 0.335 e. The highest BCUT2D eigenvalue weighted by molar-refractivity contribution is 14.1. The number of carboxylic acid groups (broad SMARTS) is 1. The van der Waals surface area contributed by atoms with Gasteiger partial charge in [-0.3, -0.25) is 0 Å². The SMILES string of the molecule is O=C(O)c1ccc(I)c(OCc2csc3ccccc23)c1. The van der Waals surface area contributed by atoms with Crippen molar-refractivity contribution >= 4 is 50.0 Å². The standard InChI is InChI=1S/C16H11IO3S/c17-13-6-5-10(16(18)19)7-14(13)20-8-11-9-21-15-4-2-1-3-12(11)15/h1-7,9H,8H2,(H,18,19). The van der Waals surface area contributed by atoms with Crippen LogP contribution in [0.25, 0.3) is 10.1 Å². The van der Waals surface area contributed by atoms with Crippen LogP contribution in [0.3, 0.4) is 0 Å². The number of hydrogen-bond donors (Lipinski definition) is 1. The number of thiophene rings is 1. The Balaban J connectivity index is 1.84. The molecule has 0 bridgehead atoms. The molecule has 3 rings (SSSR count). The Hall–Kier alpha value is -1.60. The molecule has 3 nitrogen and oxygen atoms in total. The van der Waals surface area contributed by atoms with Crippen LogP contribution in [0.4, 0.5) is 0 Å². The van der Waals surface area contributed by atoms with Crippen molar-refractivity contribution < 1.29 is 14.6 Å². The maximum absolute atomic E-state index is 11.0. The van der Waals surface area contributed by atoms with Gasteiger partial charge in [0.25, 0.3) is 0 Å². The third-order valence-corrected chi connectivity index (χ3v) is 5.03. The van der Waals surface area contributed by atoms with Crippen LogP contribution in [0.1, 0.15) is 15.9 Å². The second kappa shape index (κ2) is 6.03. The maximum atomic E-state index is 11.0. The molecule has 1 heterocycles. The summed E-state index contributed by atoms with van der Waals surface area (Å²) in [5.41, 5.74) is 1.35. The summed E-state index contributed by atoms with van der Waals surface area (Å²) in [4.78, 5) is 11.0. The summed E-state index contributed by atoms with van der Waals surface area (Å²) in [6, 6.07) is 13.1. The molecule has 1 N–H and O–H groups in total. The van der Waals surface area contributed by atoms with Crippen LogP contribution in [-0.4, -0.2) is 11.1 Å². The van der Waals surface area contributed by atoms with E-state index in [-0.39, 0.29) is 5.56 Å². The van der Waals surface area contributed by atoms with Gasteiger partial charge in [0.05, 0.1) is 9.13 Å². The smallest absolute Gasteiger partial charge is 0.335 e. The molecule has 0 aliphatic carbocycles. The number of hydrogen-bond acceptors (Lipinski definition) is 3. The fourth-order valence-corrected chi connectivity index (χ4v) is 3.49. The van der Waals surface area contributed by atoms with E-state index in [2.05, 4.69) is 40.1 Å². The van der Waals surface area contributed by atoms with E-state index in [4.69, 9.17) is 9.84 Å². The first kappa shape index (κ1) is 14.3. The van der Waals surface area contributed by atoms with E-state index in [1.165, 1.54) is 10.1 Å². The molecule has 0 atom stereocenters. The summed E-state index contributed by atoms with van der Waals surface area (Å²) >= 11 is 3.83. The summed E-state index contributed by atoms with van der Waals surface area (Å²) < 4.78 is 7.94. The first-order valence-corrected chi connectivity index (χ1v) is 8.22. The van der Waals surface area contributed by atoms with E-state index < -0.39 is 5.97 Å². The Labute approximate surface area is 139 Å². The third-order valence-electron chi connectivity index (χ3n) is 3.12. The normalized spacial score (nSPS) is 10.7. The van der Waals surface area contributed by atoms with Crippen molar-refractivity contribution in [3.8, 4) is 5.75 Å². The van der Waals surface area contributed by atoms with Gasteiger partial charge < -0.3 is 9.84 Å². The Morgan fingerprint density at radius 2 is 2.05 bits per heavy atom. The molecule has 0 fully saturated rings. The highest BCUT2D eigenvalue weighted by Gasteiger charge is 2.09. The molecule has 1 aromatic heterocycles. The molecule has 0 unspecified atom stereocenters. The zero-order valence-corrected chi connectivity index (χ0v) is 13.8. The Morgan fingerprint density at radius 3 is 2.86 bits per heavy atom. The van der Waals surface area contributed by atoms with Gasteiger partial charge in [-0.15, -0.1) is 11.3 Å². The van der Waals surface area contributed by atoms with Crippen molar-refractivity contribution in [1.82, 2.24) is 0 Å². The minimum Gasteiger partial charge on any atom is -0.488 e. The fourth-order valence-electron chi connectivity index (χ4n) is 2.05. The lowest BCUT2D eigenvalue weighted by Crippen LogP contribution is -2.00. The Morgan fingerprint density at radius 1 is 1.24 bits per heavy atom. The summed E-state index contributed by atoms with van der Waals surface area (Å²) in [5.74, 6) is -0.344.